The average molecular weight is 465 g/mol. The lowest BCUT2D eigenvalue weighted by molar-refractivity contribution is -0.159. The summed E-state index contributed by atoms with van der Waals surface area (Å²) in [5, 5.41) is 21.0. The normalized spacial score (nSPS) is 18.9. The van der Waals surface area contributed by atoms with Crippen molar-refractivity contribution in [3.8, 4) is 29.0 Å². The molecule has 1 aliphatic carbocycles. The van der Waals surface area contributed by atoms with Gasteiger partial charge in [0.25, 0.3) is 0 Å². The van der Waals surface area contributed by atoms with Gasteiger partial charge in [0.05, 0.1) is 18.2 Å². The molecule has 0 unspecified atom stereocenters. The number of carbonyl (C=O) groups is 2. The zero-order valence-corrected chi connectivity index (χ0v) is 18.1. The van der Waals surface area contributed by atoms with Crippen LogP contribution in [0.15, 0.2) is 36.5 Å². The first-order valence-electron chi connectivity index (χ1n) is 10.8. The van der Waals surface area contributed by atoms with E-state index in [1.807, 2.05) is 6.07 Å². The van der Waals surface area contributed by atoms with Gasteiger partial charge in [0.15, 0.2) is 6.10 Å². The maximum Gasteiger partial charge on any atom is 0.301 e. The van der Waals surface area contributed by atoms with Crippen molar-refractivity contribution in [1.29, 1.82) is 10.5 Å². The van der Waals surface area contributed by atoms with Crippen LogP contribution in [0.5, 0.6) is 5.75 Å². The predicted molar refractivity (Wildman–Crippen MR) is 117 cm³/mol. The lowest BCUT2D eigenvalue weighted by Crippen LogP contribution is -2.55. The van der Waals surface area contributed by atoms with E-state index in [1.165, 1.54) is 18.3 Å². The monoisotopic (exact) mass is 465 g/mol. The predicted octanol–water partition coefficient (Wildman–Crippen LogP) is 3.50. The molecule has 174 valence electrons. The highest BCUT2D eigenvalue weighted by Crippen LogP contribution is 2.34. The number of aromatic nitrogens is 1. The Kier molecular flexibility index (Phi) is 6.42. The molecule has 1 aromatic heterocycles. The van der Waals surface area contributed by atoms with Gasteiger partial charge in [0, 0.05) is 25.1 Å². The van der Waals surface area contributed by atoms with Gasteiger partial charge in [-0.15, -0.1) is 0 Å². The minimum Gasteiger partial charge on any atom is -0.483 e. The Labute approximate surface area is 194 Å². The van der Waals surface area contributed by atoms with Crippen LogP contribution in [0.1, 0.15) is 31.2 Å². The van der Waals surface area contributed by atoms with Crippen LogP contribution in [-0.2, 0) is 9.59 Å². The minimum absolute atomic E-state index is 0.0176. The van der Waals surface area contributed by atoms with E-state index in [0.29, 0.717) is 16.9 Å². The Balaban J connectivity index is 1.49. The van der Waals surface area contributed by atoms with Gasteiger partial charge in [-0.25, -0.2) is 13.8 Å². The van der Waals surface area contributed by atoms with Crippen LogP contribution < -0.4 is 10.1 Å². The van der Waals surface area contributed by atoms with Crippen LogP contribution in [0.4, 0.5) is 14.6 Å². The minimum atomic E-state index is -3.34. The molecule has 10 heteroatoms. The van der Waals surface area contributed by atoms with Crippen molar-refractivity contribution < 1.29 is 23.1 Å². The number of piperidine rings is 1. The summed E-state index contributed by atoms with van der Waals surface area (Å²) in [6.07, 6.45) is 1.17. The number of hydrogen-bond acceptors (Lipinski definition) is 6. The van der Waals surface area contributed by atoms with Crippen molar-refractivity contribution >= 4 is 17.6 Å². The molecule has 1 N–H and O–H groups in total. The number of hydrogen-bond donors (Lipinski definition) is 1. The molecule has 0 bridgehead atoms. The molecule has 1 atom stereocenters. The van der Waals surface area contributed by atoms with Crippen LogP contribution in [0.3, 0.4) is 0 Å². The molecule has 2 aliphatic rings. The van der Waals surface area contributed by atoms with Gasteiger partial charge in [-0.3, -0.25) is 9.59 Å². The highest BCUT2D eigenvalue weighted by molar-refractivity contribution is 5.93. The summed E-state index contributed by atoms with van der Waals surface area (Å²) in [6.45, 7) is -0.808. The molecular formula is C24H21F2N5O3. The molecule has 8 nitrogen and oxygen atoms in total. The summed E-state index contributed by atoms with van der Waals surface area (Å²) in [7, 11) is 0. The highest BCUT2D eigenvalue weighted by atomic mass is 19.3. The van der Waals surface area contributed by atoms with E-state index in [1.54, 1.807) is 24.3 Å². The number of pyridine rings is 1. The van der Waals surface area contributed by atoms with Crippen molar-refractivity contribution in [2.24, 2.45) is 5.92 Å². The van der Waals surface area contributed by atoms with Crippen molar-refractivity contribution in [3.63, 3.8) is 0 Å². The van der Waals surface area contributed by atoms with Crippen LogP contribution in [0.25, 0.3) is 11.1 Å². The number of nitriles is 2. The number of ether oxygens (including phenoxy) is 1. The molecule has 2 fully saturated rings. The summed E-state index contributed by atoms with van der Waals surface area (Å²) in [5.74, 6) is -3.62. The molecule has 0 radical (unpaired) electrons. The Morgan fingerprint density at radius 3 is 2.62 bits per heavy atom. The maximum absolute atomic E-state index is 14.7. The number of halogens is 2. The van der Waals surface area contributed by atoms with Crippen LogP contribution >= 0.6 is 0 Å². The topological polar surface area (TPSA) is 119 Å². The van der Waals surface area contributed by atoms with Crippen LogP contribution in [-0.4, -0.2) is 46.8 Å². The number of benzene rings is 1. The van der Waals surface area contributed by atoms with Crippen LogP contribution in [0.2, 0.25) is 0 Å². The average Bonchev–Trinajstić information content (AvgIpc) is 3.66. The van der Waals surface area contributed by atoms with Gasteiger partial charge in [-0.2, -0.15) is 10.5 Å². The summed E-state index contributed by atoms with van der Waals surface area (Å²) < 4.78 is 34.9. The number of rotatable bonds is 6. The van der Waals surface area contributed by atoms with Gasteiger partial charge in [0.1, 0.15) is 24.1 Å². The number of nitrogens with zero attached hydrogens (tertiary/aromatic N) is 4. The standard InChI is InChI=1S/C24H21F2N5O3/c25-24(26)14-31(22(32)5-8-27)10-7-20(24)34-19-4-3-16(11-18(19)13-28)17-6-9-29-21(12-17)30-23(33)15-1-2-15/h3-4,6,9,11-12,15,20H,1-2,5,7,10,14H2,(H,29,30,33)/t20-/m0/s1. The molecule has 2 amide bonds. The first-order valence-corrected chi connectivity index (χ1v) is 10.8. The van der Waals surface area contributed by atoms with Gasteiger partial charge in [-0.1, -0.05) is 6.07 Å². The summed E-state index contributed by atoms with van der Waals surface area (Å²) in [6, 6.07) is 11.7. The van der Waals surface area contributed by atoms with Gasteiger partial charge < -0.3 is 15.0 Å². The first kappa shape index (κ1) is 23.1. The van der Waals surface area contributed by atoms with Gasteiger partial charge in [0.2, 0.25) is 11.8 Å². The van der Waals surface area contributed by atoms with E-state index in [4.69, 9.17) is 10.00 Å². The summed E-state index contributed by atoms with van der Waals surface area (Å²) in [5.41, 5.74) is 1.41. The van der Waals surface area contributed by atoms with E-state index in [0.717, 1.165) is 17.7 Å². The number of likely N-dealkylation sites (tertiary alicyclic amines) is 1. The fourth-order valence-corrected chi connectivity index (χ4v) is 3.76. The van der Waals surface area contributed by atoms with Crippen molar-refractivity contribution in [3.05, 3.63) is 42.1 Å². The SMILES string of the molecule is N#CCC(=O)N1CC[C@H](Oc2ccc(-c3ccnc(NC(=O)C4CC4)c3)cc2C#N)C(F)(F)C1. The molecule has 1 aromatic carbocycles. The van der Waals surface area contributed by atoms with E-state index >= 15 is 0 Å². The Hall–Kier alpha value is -4.05. The Bertz CT molecular complexity index is 1200. The lowest BCUT2D eigenvalue weighted by atomic mass is 10.0. The zero-order chi connectivity index (χ0) is 24.3. The summed E-state index contributed by atoms with van der Waals surface area (Å²) >= 11 is 0. The van der Waals surface area contributed by atoms with E-state index in [2.05, 4.69) is 10.3 Å². The molecule has 2 heterocycles. The van der Waals surface area contributed by atoms with Crippen molar-refractivity contribution in [1.82, 2.24) is 9.88 Å². The molecule has 1 aliphatic heterocycles. The smallest absolute Gasteiger partial charge is 0.301 e. The molecular weight excluding hydrogens is 444 g/mol. The molecule has 0 spiro atoms. The number of nitrogens with one attached hydrogen (secondary N) is 1. The van der Waals surface area contributed by atoms with E-state index < -0.39 is 30.9 Å². The fraction of sp³-hybridized carbons (Fsp3) is 0.375. The lowest BCUT2D eigenvalue weighted by Gasteiger charge is -2.38. The number of anilines is 1. The second-order valence-corrected chi connectivity index (χ2v) is 8.32. The van der Waals surface area contributed by atoms with E-state index in [9.17, 15) is 23.6 Å². The first-order chi connectivity index (χ1) is 16.3. The van der Waals surface area contributed by atoms with Crippen LogP contribution in [0, 0.1) is 28.6 Å². The van der Waals surface area contributed by atoms with Crippen molar-refractivity contribution in [2.45, 2.75) is 37.7 Å². The van der Waals surface area contributed by atoms with E-state index in [-0.39, 0.29) is 36.1 Å². The molecule has 4 rings (SSSR count). The second kappa shape index (κ2) is 9.44. The Morgan fingerprint density at radius 1 is 1.18 bits per heavy atom. The third-order valence-corrected chi connectivity index (χ3v) is 5.78. The quantitative estimate of drug-likeness (QED) is 0.697. The summed E-state index contributed by atoms with van der Waals surface area (Å²) in [4.78, 5) is 28.9. The third-order valence-electron chi connectivity index (χ3n) is 5.78. The fourth-order valence-electron chi connectivity index (χ4n) is 3.76. The third kappa shape index (κ3) is 5.12. The largest absolute Gasteiger partial charge is 0.483 e. The van der Waals surface area contributed by atoms with Gasteiger partial charge in [-0.05, 0) is 48.2 Å². The number of alkyl halides is 2. The Morgan fingerprint density at radius 2 is 1.94 bits per heavy atom. The zero-order valence-electron chi connectivity index (χ0n) is 18.1. The maximum atomic E-state index is 14.7. The van der Waals surface area contributed by atoms with Crippen molar-refractivity contribution in [2.75, 3.05) is 18.4 Å². The molecule has 1 saturated heterocycles. The van der Waals surface area contributed by atoms with Gasteiger partial charge >= 0.3 is 5.92 Å². The molecule has 34 heavy (non-hydrogen) atoms. The number of carbonyl (C=O) groups excluding carboxylic acids is 2. The molecule has 2 aromatic rings. The second-order valence-electron chi connectivity index (χ2n) is 8.32. The molecule has 1 saturated carbocycles. The number of amides is 2. The highest BCUT2D eigenvalue weighted by Gasteiger charge is 2.47.